The van der Waals surface area contributed by atoms with Gasteiger partial charge in [-0.05, 0) is 37.1 Å². The van der Waals surface area contributed by atoms with E-state index in [1.165, 1.54) is 0 Å². The standard InChI is InChI=1S/C15H23N3O3S/c1-18(2)13-9-7-12(8-10-13)17-15(19)11-16-22(20,21)14-5-3-4-6-14/h7-10,14,16H,3-6,11H2,1-2H3,(H,17,19). The summed E-state index contributed by atoms with van der Waals surface area (Å²) in [6.07, 6.45) is 3.25. The van der Waals surface area contributed by atoms with Crippen LogP contribution in [0.5, 0.6) is 0 Å². The average Bonchev–Trinajstić information content (AvgIpc) is 3.01. The Morgan fingerprint density at radius 2 is 1.77 bits per heavy atom. The van der Waals surface area contributed by atoms with Crippen molar-refractivity contribution in [2.75, 3.05) is 30.9 Å². The van der Waals surface area contributed by atoms with Crippen LogP contribution in [-0.4, -0.2) is 40.2 Å². The van der Waals surface area contributed by atoms with Crippen LogP contribution in [0.25, 0.3) is 0 Å². The molecule has 0 unspecified atom stereocenters. The zero-order valence-corrected chi connectivity index (χ0v) is 13.8. The molecule has 1 aromatic rings. The Labute approximate surface area is 131 Å². The molecule has 22 heavy (non-hydrogen) atoms. The molecule has 6 nitrogen and oxygen atoms in total. The van der Waals surface area contributed by atoms with Crippen molar-refractivity contribution >= 4 is 27.3 Å². The van der Waals surface area contributed by atoms with Crippen LogP contribution in [0.1, 0.15) is 25.7 Å². The van der Waals surface area contributed by atoms with Gasteiger partial charge in [-0.2, -0.15) is 0 Å². The largest absolute Gasteiger partial charge is 0.378 e. The summed E-state index contributed by atoms with van der Waals surface area (Å²) in [5, 5.41) is 2.34. The molecule has 0 bridgehead atoms. The molecule has 1 fully saturated rings. The minimum absolute atomic E-state index is 0.228. The van der Waals surface area contributed by atoms with Crippen LogP contribution in [0.2, 0.25) is 0 Å². The summed E-state index contributed by atoms with van der Waals surface area (Å²) in [5.41, 5.74) is 1.68. The predicted octanol–water partition coefficient (Wildman–Crippen LogP) is 1.55. The van der Waals surface area contributed by atoms with Crippen molar-refractivity contribution in [2.24, 2.45) is 0 Å². The SMILES string of the molecule is CN(C)c1ccc(NC(=O)CNS(=O)(=O)C2CCCC2)cc1. The first-order valence-electron chi connectivity index (χ1n) is 7.44. The molecular formula is C15H23N3O3S. The molecule has 0 atom stereocenters. The Hall–Kier alpha value is -1.60. The summed E-state index contributed by atoms with van der Waals surface area (Å²) in [5.74, 6) is -0.362. The molecule has 0 aromatic heterocycles. The number of carbonyl (C=O) groups is 1. The number of benzene rings is 1. The van der Waals surface area contributed by atoms with Gasteiger partial charge in [-0.15, -0.1) is 0 Å². The van der Waals surface area contributed by atoms with Gasteiger partial charge in [-0.1, -0.05) is 12.8 Å². The number of anilines is 2. The van der Waals surface area contributed by atoms with E-state index in [1.807, 2.05) is 31.1 Å². The predicted molar refractivity (Wildman–Crippen MR) is 88.6 cm³/mol. The second kappa shape index (κ2) is 7.11. The van der Waals surface area contributed by atoms with Gasteiger partial charge in [0.1, 0.15) is 0 Å². The van der Waals surface area contributed by atoms with Crippen LogP contribution in [0.15, 0.2) is 24.3 Å². The first-order chi connectivity index (χ1) is 10.4. The molecule has 1 aliphatic carbocycles. The monoisotopic (exact) mass is 325 g/mol. The lowest BCUT2D eigenvalue weighted by molar-refractivity contribution is -0.115. The Kier molecular flexibility index (Phi) is 5.42. The highest BCUT2D eigenvalue weighted by atomic mass is 32.2. The third-order valence-electron chi connectivity index (χ3n) is 3.84. The molecule has 0 aliphatic heterocycles. The molecule has 0 heterocycles. The molecule has 2 N–H and O–H groups in total. The summed E-state index contributed by atoms with van der Waals surface area (Å²) >= 11 is 0. The van der Waals surface area contributed by atoms with Gasteiger partial charge in [0.15, 0.2) is 0 Å². The molecule has 7 heteroatoms. The van der Waals surface area contributed by atoms with E-state index in [-0.39, 0.29) is 17.7 Å². The fourth-order valence-electron chi connectivity index (χ4n) is 2.53. The maximum Gasteiger partial charge on any atom is 0.239 e. The van der Waals surface area contributed by atoms with E-state index in [2.05, 4.69) is 10.0 Å². The first kappa shape index (κ1) is 16.8. The second-order valence-electron chi connectivity index (χ2n) is 5.76. The number of sulfonamides is 1. The molecule has 122 valence electrons. The van der Waals surface area contributed by atoms with Crippen LogP contribution in [0.3, 0.4) is 0 Å². The Morgan fingerprint density at radius 1 is 1.18 bits per heavy atom. The molecular weight excluding hydrogens is 302 g/mol. The highest BCUT2D eigenvalue weighted by molar-refractivity contribution is 7.90. The zero-order chi connectivity index (χ0) is 16.2. The van der Waals surface area contributed by atoms with Gasteiger partial charge in [-0.3, -0.25) is 4.79 Å². The van der Waals surface area contributed by atoms with Crippen LogP contribution in [0.4, 0.5) is 11.4 Å². The van der Waals surface area contributed by atoms with E-state index in [9.17, 15) is 13.2 Å². The molecule has 0 spiro atoms. The Balaban J connectivity index is 1.85. The van der Waals surface area contributed by atoms with E-state index >= 15 is 0 Å². The quantitative estimate of drug-likeness (QED) is 0.832. The molecule has 1 saturated carbocycles. The summed E-state index contributed by atoms with van der Waals surface area (Å²) in [6, 6.07) is 7.36. The maximum absolute atomic E-state index is 12.0. The highest BCUT2D eigenvalue weighted by Gasteiger charge is 2.28. The van der Waals surface area contributed by atoms with Crippen LogP contribution < -0.4 is 14.9 Å². The third-order valence-corrected chi connectivity index (χ3v) is 5.74. The number of carbonyl (C=O) groups excluding carboxylic acids is 1. The van der Waals surface area contributed by atoms with Gasteiger partial charge in [-0.25, -0.2) is 13.1 Å². The second-order valence-corrected chi connectivity index (χ2v) is 7.81. The molecule has 2 rings (SSSR count). The number of nitrogens with zero attached hydrogens (tertiary/aromatic N) is 1. The van der Waals surface area contributed by atoms with Gasteiger partial charge in [0, 0.05) is 25.5 Å². The summed E-state index contributed by atoms with van der Waals surface area (Å²) in [4.78, 5) is 13.8. The normalized spacial score (nSPS) is 15.7. The maximum atomic E-state index is 12.0. The summed E-state index contributed by atoms with van der Waals surface area (Å²) < 4.78 is 26.4. The van der Waals surface area contributed by atoms with Crippen molar-refractivity contribution in [3.8, 4) is 0 Å². The van der Waals surface area contributed by atoms with Crippen molar-refractivity contribution in [2.45, 2.75) is 30.9 Å². The van der Waals surface area contributed by atoms with Gasteiger partial charge in [0.2, 0.25) is 15.9 Å². The van der Waals surface area contributed by atoms with E-state index < -0.39 is 10.0 Å². The Morgan fingerprint density at radius 3 is 2.32 bits per heavy atom. The van der Waals surface area contributed by atoms with Crippen molar-refractivity contribution in [1.29, 1.82) is 0 Å². The van der Waals surface area contributed by atoms with Crippen molar-refractivity contribution in [3.63, 3.8) is 0 Å². The molecule has 1 aromatic carbocycles. The van der Waals surface area contributed by atoms with Gasteiger partial charge in [0.05, 0.1) is 11.8 Å². The molecule has 0 radical (unpaired) electrons. The summed E-state index contributed by atoms with van der Waals surface area (Å²) in [6.45, 7) is -0.228. The third kappa shape index (κ3) is 4.45. The lowest BCUT2D eigenvalue weighted by Gasteiger charge is -2.14. The number of rotatable bonds is 6. The van der Waals surface area contributed by atoms with Crippen molar-refractivity contribution < 1.29 is 13.2 Å². The van der Waals surface area contributed by atoms with Crippen LogP contribution >= 0.6 is 0 Å². The van der Waals surface area contributed by atoms with E-state index in [4.69, 9.17) is 0 Å². The van der Waals surface area contributed by atoms with Gasteiger partial charge < -0.3 is 10.2 Å². The molecule has 0 saturated heterocycles. The van der Waals surface area contributed by atoms with E-state index in [0.717, 1.165) is 18.5 Å². The number of hydrogen-bond donors (Lipinski definition) is 2. The minimum Gasteiger partial charge on any atom is -0.378 e. The highest BCUT2D eigenvalue weighted by Crippen LogP contribution is 2.23. The number of hydrogen-bond acceptors (Lipinski definition) is 4. The lowest BCUT2D eigenvalue weighted by Crippen LogP contribution is -2.38. The number of nitrogens with one attached hydrogen (secondary N) is 2. The van der Waals surface area contributed by atoms with Crippen molar-refractivity contribution in [3.05, 3.63) is 24.3 Å². The van der Waals surface area contributed by atoms with Gasteiger partial charge in [0.25, 0.3) is 0 Å². The Bertz CT molecular complexity index is 605. The summed E-state index contributed by atoms with van der Waals surface area (Å²) in [7, 11) is 0.489. The van der Waals surface area contributed by atoms with Gasteiger partial charge >= 0.3 is 0 Å². The topological polar surface area (TPSA) is 78.5 Å². The number of amides is 1. The first-order valence-corrected chi connectivity index (χ1v) is 8.99. The average molecular weight is 325 g/mol. The fraction of sp³-hybridized carbons (Fsp3) is 0.533. The van der Waals surface area contributed by atoms with E-state index in [0.29, 0.717) is 18.5 Å². The molecule has 1 aliphatic rings. The molecule has 1 amide bonds. The minimum atomic E-state index is -3.38. The zero-order valence-electron chi connectivity index (χ0n) is 13.0. The smallest absolute Gasteiger partial charge is 0.239 e. The fourth-order valence-corrected chi connectivity index (χ4v) is 4.05. The van der Waals surface area contributed by atoms with Crippen LogP contribution in [-0.2, 0) is 14.8 Å². The van der Waals surface area contributed by atoms with Crippen molar-refractivity contribution in [1.82, 2.24) is 4.72 Å². The lowest BCUT2D eigenvalue weighted by atomic mass is 10.2. The van der Waals surface area contributed by atoms with Crippen LogP contribution in [0, 0.1) is 0 Å². The van der Waals surface area contributed by atoms with E-state index in [1.54, 1.807) is 12.1 Å².